The van der Waals surface area contributed by atoms with Crippen molar-refractivity contribution in [2.75, 3.05) is 31.9 Å². The Bertz CT molecular complexity index is 729. The summed E-state index contributed by atoms with van der Waals surface area (Å²) in [5.74, 6) is 2.19. The highest BCUT2D eigenvalue weighted by Gasteiger charge is 2.28. The number of hydrogen-bond acceptors (Lipinski definition) is 3. The van der Waals surface area contributed by atoms with Crippen LogP contribution >= 0.6 is 35.7 Å². The van der Waals surface area contributed by atoms with Crippen molar-refractivity contribution in [1.29, 1.82) is 0 Å². The van der Waals surface area contributed by atoms with Gasteiger partial charge in [-0.15, -0.1) is 24.0 Å². The van der Waals surface area contributed by atoms with E-state index in [4.69, 9.17) is 4.99 Å². The highest BCUT2D eigenvalue weighted by Crippen LogP contribution is 2.29. The fraction of sp³-hybridized carbons (Fsp3) is 0.500. The lowest BCUT2D eigenvalue weighted by atomic mass is 10.2. The summed E-state index contributed by atoms with van der Waals surface area (Å²) in [6.45, 7) is 10.5. The third kappa shape index (κ3) is 6.41. The van der Waals surface area contributed by atoms with Gasteiger partial charge in [0.2, 0.25) is 0 Å². The first kappa shape index (κ1) is 22.1. The predicted octanol–water partition coefficient (Wildman–Crippen LogP) is 3.83. The summed E-state index contributed by atoms with van der Waals surface area (Å²) >= 11 is 2.05. The van der Waals surface area contributed by atoms with E-state index in [0.29, 0.717) is 0 Å². The molecule has 1 N–H and O–H groups in total. The molecule has 2 heterocycles. The molecule has 0 aliphatic carbocycles. The van der Waals surface area contributed by atoms with Crippen molar-refractivity contribution in [3.05, 3.63) is 48.3 Å². The SMILES string of the molecule is CCNC(=NCCc1cnn(-c2ccccc2)c1)N1CCSC(C)(C)C1.I. The van der Waals surface area contributed by atoms with Crippen molar-refractivity contribution in [3.8, 4) is 5.69 Å². The van der Waals surface area contributed by atoms with Gasteiger partial charge in [0.1, 0.15) is 0 Å². The van der Waals surface area contributed by atoms with Crippen LogP contribution in [0.3, 0.4) is 0 Å². The molecule has 0 amide bonds. The Balaban J connectivity index is 0.00000261. The van der Waals surface area contributed by atoms with E-state index < -0.39 is 0 Å². The molecule has 27 heavy (non-hydrogen) atoms. The van der Waals surface area contributed by atoms with E-state index in [2.05, 4.69) is 54.4 Å². The topological polar surface area (TPSA) is 45.5 Å². The highest BCUT2D eigenvalue weighted by molar-refractivity contribution is 14.0. The first-order valence-electron chi connectivity index (χ1n) is 9.33. The first-order valence-corrected chi connectivity index (χ1v) is 10.3. The molecule has 5 nitrogen and oxygen atoms in total. The van der Waals surface area contributed by atoms with Crippen molar-refractivity contribution in [3.63, 3.8) is 0 Å². The quantitative estimate of drug-likeness (QED) is 0.386. The molecule has 1 aliphatic heterocycles. The van der Waals surface area contributed by atoms with E-state index in [1.54, 1.807) is 0 Å². The van der Waals surface area contributed by atoms with Gasteiger partial charge < -0.3 is 10.2 Å². The van der Waals surface area contributed by atoms with Crippen molar-refractivity contribution < 1.29 is 0 Å². The number of benzene rings is 1. The fourth-order valence-corrected chi connectivity index (χ4v) is 4.24. The second-order valence-electron chi connectivity index (χ2n) is 7.14. The summed E-state index contributed by atoms with van der Waals surface area (Å²) in [7, 11) is 0. The molecule has 1 fully saturated rings. The molecule has 0 unspecified atom stereocenters. The smallest absolute Gasteiger partial charge is 0.193 e. The predicted molar refractivity (Wildman–Crippen MR) is 127 cm³/mol. The number of hydrogen-bond donors (Lipinski definition) is 1. The van der Waals surface area contributed by atoms with Crippen molar-refractivity contribution in [2.45, 2.75) is 31.9 Å². The van der Waals surface area contributed by atoms with Crippen LogP contribution in [0.2, 0.25) is 0 Å². The second kappa shape index (κ2) is 10.4. The summed E-state index contributed by atoms with van der Waals surface area (Å²) in [5, 5.41) is 7.92. The van der Waals surface area contributed by atoms with E-state index in [-0.39, 0.29) is 28.7 Å². The van der Waals surface area contributed by atoms with Crippen molar-refractivity contribution in [2.24, 2.45) is 4.99 Å². The van der Waals surface area contributed by atoms with Crippen LogP contribution in [-0.4, -0.2) is 57.3 Å². The minimum Gasteiger partial charge on any atom is -0.357 e. The van der Waals surface area contributed by atoms with E-state index in [1.807, 2.05) is 40.8 Å². The van der Waals surface area contributed by atoms with Crippen LogP contribution in [-0.2, 0) is 6.42 Å². The van der Waals surface area contributed by atoms with Gasteiger partial charge in [-0.2, -0.15) is 16.9 Å². The lowest BCUT2D eigenvalue weighted by Gasteiger charge is -2.39. The van der Waals surface area contributed by atoms with Gasteiger partial charge in [0.15, 0.2) is 5.96 Å². The van der Waals surface area contributed by atoms with E-state index in [1.165, 1.54) is 5.56 Å². The number of rotatable bonds is 5. The summed E-state index contributed by atoms with van der Waals surface area (Å²) < 4.78 is 2.21. The minimum absolute atomic E-state index is 0. The Hall–Kier alpha value is -1.22. The van der Waals surface area contributed by atoms with Gasteiger partial charge in [-0.1, -0.05) is 18.2 Å². The molecule has 0 radical (unpaired) electrons. The average Bonchev–Trinajstić information content (AvgIpc) is 3.10. The van der Waals surface area contributed by atoms with E-state index in [9.17, 15) is 0 Å². The zero-order chi connectivity index (χ0) is 18.4. The monoisotopic (exact) mass is 499 g/mol. The Morgan fingerprint density at radius 1 is 1.30 bits per heavy atom. The minimum atomic E-state index is 0. The fourth-order valence-electron chi connectivity index (χ4n) is 3.13. The number of aromatic nitrogens is 2. The summed E-state index contributed by atoms with van der Waals surface area (Å²) in [6, 6.07) is 10.2. The Morgan fingerprint density at radius 3 is 2.78 bits per heavy atom. The van der Waals surface area contributed by atoms with Crippen LogP contribution in [0.1, 0.15) is 26.3 Å². The Kier molecular flexibility index (Phi) is 8.47. The van der Waals surface area contributed by atoms with Crippen LogP contribution < -0.4 is 5.32 Å². The molecule has 0 atom stereocenters. The largest absolute Gasteiger partial charge is 0.357 e. The molecule has 1 aromatic heterocycles. The maximum atomic E-state index is 4.87. The molecule has 148 valence electrons. The normalized spacial score (nSPS) is 16.7. The number of para-hydroxylation sites is 1. The molecule has 1 saturated heterocycles. The van der Waals surface area contributed by atoms with Crippen molar-refractivity contribution >= 4 is 41.7 Å². The second-order valence-corrected chi connectivity index (χ2v) is 8.95. The molecule has 1 aliphatic rings. The Labute approximate surface area is 184 Å². The lowest BCUT2D eigenvalue weighted by molar-refractivity contribution is 0.376. The maximum absolute atomic E-state index is 4.87. The van der Waals surface area contributed by atoms with Gasteiger partial charge in [-0.05, 0) is 44.9 Å². The molecule has 3 rings (SSSR count). The zero-order valence-electron chi connectivity index (χ0n) is 16.4. The molecular weight excluding hydrogens is 469 g/mol. The average molecular weight is 499 g/mol. The number of nitrogens with one attached hydrogen (secondary N) is 1. The van der Waals surface area contributed by atoms with Crippen LogP contribution in [0.15, 0.2) is 47.7 Å². The molecular formula is C20H30IN5S. The van der Waals surface area contributed by atoms with Gasteiger partial charge in [0.05, 0.1) is 11.9 Å². The number of nitrogens with zero attached hydrogens (tertiary/aromatic N) is 4. The van der Waals surface area contributed by atoms with Crippen LogP contribution in [0.4, 0.5) is 0 Å². The van der Waals surface area contributed by atoms with Gasteiger partial charge >= 0.3 is 0 Å². The number of halogens is 1. The molecule has 0 bridgehead atoms. The molecule has 7 heteroatoms. The molecule has 0 spiro atoms. The standard InChI is InChI=1S/C20H29N5S.HI/c1-4-21-19(24-12-13-26-20(2,3)16-24)22-11-10-17-14-23-25(15-17)18-8-6-5-7-9-18;/h5-9,14-15H,4,10-13,16H2,1-3H3,(H,21,22);1H. The summed E-state index contributed by atoms with van der Waals surface area (Å²) in [6.07, 6.45) is 4.93. The Morgan fingerprint density at radius 2 is 2.07 bits per heavy atom. The molecule has 2 aromatic rings. The summed E-state index contributed by atoms with van der Waals surface area (Å²) in [4.78, 5) is 7.26. The van der Waals surface area contributed by atoms with E-state index in [0.717, 1.165) is 50.0 Å². The van der Waals surface area contributed by atoms with Gasteiger partial charge in [0.25, 0.3) is 0 Å². The van der Waals surface area contributed by atoms with Gasteiger partial charge in [-0.25, -0.2) is 4.68 Å². The third-order valence-corrected chi connectivity index (χ3v) is 5.68. The number of guanidine groups is 1. The molecule has 0 saturated carbocycles. The van der Waals surface area contributed by atoms with Crippen LogP contribution in [0.5, 0.6) is 0 Å². The first-order chi connectivity index (χ1) is 12.6. The lowest BCUT2D eigenvalue weighted by Crippen LogP contribution is -2.51. The van der Waals surface area contributed by atoms with Crippen LogP contribution in [0.25, 0.3) is 5.69 Å². The highest BCUT2D eigenvalue weighted by atomic mass is 127. The van der Waals surface area contributed by atoms with Crippen molar-refractivity contribution in [1.82, 2.24) is 20.0 Å². The van der Waals surface area contributed by atoms with E-state index >= 15 is 0 Å². The molecule has 1 aromatic carbocycles. The van der Waals surface area contributed by atoms with Gasteiger partial charge in [0, 0.05) is 42.9 Å². The van der Waals surface area contributed by atoms with Gasteiger partial charge in [-0.3, -0.25) is 4.99 Å². The number of thioether (sulfide) groups is 1. The summed E-state index contributed by atoms with van der Waals surface area (Å²) in [5.41, 5.74) is 2.30. The maximum Gasteiger partial charge on any atom is 0.193 e. The van der Waals surface area contributed by atoms with Crippen LogP contribution in [0, 0.1) is 0 Å². The number of aliphatic imine (C=N–C) groups is 1. The third-order valence-electron chi connectivity index (χ3n) is 4.38. The zero-order valence-corrected chi connectivity index (χ0v) is 19.5.